The number of nitro groups is 1. The number of nitro benzene ring substituents is 1. The second kappa shape index (κ2) is 9.14. The predicted octanol–water partition coefficient (Wildman–Crippen LogP) is 3.84. The van der Waals surface area contributed by atoms with E-state index in [1.165, 1.54) is 24.3 Å². The minimum atomic E-state index is -0.486. The van der Waals surface area contributed by atoms with Crippen molar-refractivity contribution in [1.29, 1.82) is 0 Å². The maximum absolute atomic E-state index is 12.9. The van der Waals surface area contributed by atoms with Crippen LogP contribution in [0.1, 0.15) is 10.4 Å². The number of benzene rings is 2. The van der Waals surface area contributed by atoms with Crippen LogP contribution in [0.3, 0.4) is 0 Å². The van der Waals surface area contributed by atoms with E-state index in [0.29, 0.717) is 27.8 Å². The Kier molecular flexibility index (Phi) is 5.95. The lowest BCUT2D eigenvalue weighted by Gasteiger charge is -2.13. The van der Waals surface area contributed by atoms with Crippen molar-refractivity contribution < 1.29 is 9.72 Å². The number of amides is 1. The molecule has 0 bridgehead atoms. The van der Waals surface area contributed by atoms with E-state index in [0.717, 1.165) is 5.56 Å². The number of nitrogens with zero attached hydrogens (tertiary/aromatic N) is 3. The predicted molar refractivity (Wildman–Crippen MR) is 125 cm³/mol. The number of hydrazine groups is 1. The maximum atomic E-state index is 12.9. The molecular formula is C22H16N6O3S. The molecule has 4 aromatic rings. The third-order valence-corrected chi connectivity index (χ3v) is 4.77. The summed E-state index contributed by atoms with van der Waals surface area (Å²) in [6, 6.07) is 18.4. The molecule has 3 N–H and O–H groups in total. The Bertz CT molecular complexity index is 1310. The Morgan fingerprint density at radius 1 is 0.969 bits per heavy atom. The molecule has 4 rings (SSSR count). The monoisotopic (exact) mass is 444 g/mol. The smallest absolute Gasteiger partial charge is 0.270 e. The molecule has 2 aromatic carbocycles. The Hall–Kier alpha value is -4.44. The second-order valence-corrected chi connectivity index (χ2v) is 7.05. The molecule has 0 fully saturated rings. The van der Waals surface area contributed by atoms with Crippen molar-refractivity contribution >= 4 is 45.5 Å². The van der Waals surface area contributed by atoms with Gasteiger partial charge in [0, 0.05) is 41.2 Å². The Balaban J connectivity index is 1.51. The van der Waals surface area contributed by atoms with Crippen LogP contribution >= 0.6 is 12.2 Å². The lowest BCUT2D eigenvalue weighted by molar-refractivity contribution is -0.384. The van der Waals surface area contributed by atoms with Gasteiger partial charge >= 0.3 is 0 Å². The van der Waals surface area contributed by atoms with E-state index in [2.05, 4.69) is 26.1 Å². The van der Waals surface area contributed by atoms with Crippen LogP contribution in [-0.2, 0) is 0 Å². The molecule has 2 aromatic heterocycles. The highest BCUT2D eigenvalue weighted by Crippen LogP contribution is 2.24. The standard InChI is InChI=1S/C22H16N6O3S/c29-21(26-27-22(32)24-15-5-7-16(8-6-15)28(30)31)18-13-20(14-9-11-23-12-10-14)25-19-4-2-1-3-17(18)19/h1-13H,(H,26,29)(H2,24,27,32). The fourth-order valence-corrected chi connectivity index (χ4v) is 3.21. The van der Waals surface area contributed by atoms with E-state index in [9.17, 15) is 14.9 Å². The third-order valence-electron chi connectivity index (χ3n) is 4.56. The number of carbonyl (C=O) groups is 1. The van der Waals surface area contributed by atoms with E-state index in [-0.39, 0.29) is 10.8 Å². The van der Waals surface area contributed by atoms with E-state index >= 15 is 0 Å². The number of nitrogens with one attached hydrogen (secondary N) is 3. The van der Waals surface area contributed by atoms with Gasteiger partial charge in [0.05, 0.1) is 21.7 Å². The van der Waals surface area contributed by atoms with Gasteiger partial charge in [0.25, 0.3) is 11.6 Å². The van der Waals surface area contributed by atoms with Crippen molar-refractivity contribution in [2.75, 3.05) is 5.32 Å². The molecule has 10 heteroatoms. The third kappa shape index (κ3) is 4.65. The number of aromatic nitrogens is 2. The van der Waals surface area contributed by atoms with Crippen molar-refractivity contribution in [2.24, 2.45) is 0 Å². The number of anilines is 1. The summed E-state index contributed by atoms with van der Waals surface area (Å²) < 4.78 is 0. The highest BCUT2D eigenvalue weighted by molar-refractivity contribution is 7.80. The summed E-state index contributed by atoms with van der Waals surface area (Å²) in [6.45, 7) is 0. The highest BCUT2D eigenvalue weighted by Gasteiger charge is 2.14. The number of non-ortho nitro benzene ring substituents is 1. The first-order chi connectivity index (χ1) is 15.5. The molecule has 0 atom stereocenters. The van der Waals surface area contributed by atoms with Crippen molar-refractivity contribution in [3.63, 3.8) is 0 Å². The van der Waals surface area contributed by atoms with Crippen molar-refractivity contribution in [2.45, 2.75) is 0 Å². The number of para-hydroxylation sites is 1. The van der Waals surface area contributed by atoms with Crippen molar-refractivity contribution in [1.82, 2.24) is 20.8 Å². The van der Waals surface area contributed by atoms with Gasteiger partial charge in [-0.05, 0) is 48.6 Å². The number of thiocarbonyl (C=S) groups is 1. The Morgan fingerprint density at radius 3 is 2.41 bits per heavy atom. The van der Waals surface area contributed by atoms with E-state index in [1.807, 2.05) is 36.4 Å². The van der Waals surface area contributed by atoms with Crippen LogP contribution < -0.4 is 16.2 Å². The average Bonchev–Trinajstić information content (AvgIpc) is 2.82. The lowest BCUT2D eigenvalue weighted by Crippen LogP contribution is -2.43. The zero-order valence-electron chi connectivity index (χ0n) is 16.5. The van der Waals surface area contributed by atoms with Crippen molar-refractivity contribution in [3.8, 4) is 11.3 Å². The summed E-state index contributed by atoms with van der Waals surface area (Å²) in [5, 5.41) is 14.4. The molecule has 2 heterocycles. The molecular weight excluding hydrogens is 428 g/mol. The van der Waals surface area contributed by atoms with E-state index < -0.39 is 10.8 Å². The fourth-order valence-electron chi connectivity index (χ4n) is 3.04. The van der Waals surface area contributed by atoms with Gasteiger partial charge in [-0.25, -0.2) is 4.98 Å². The minimum absolute atomic E-state index is 0.0303. The molecule has 0 spiro atoms. The summed E-state index contributed by atoms with van der Waals surface area (Å²) in [5.41, 5.74) is 8.32. The topological polar surface area (TPSA) is 122 Å². The van der Waals surface area contributed by atoms with Crippen LogP contribution in [0.4, 0.5) is 11.4 Å². The van der Waals surface area contributed by atoms with Crippen molar-refractivity contribution in [3.05, 3.63) is 94.8 Å². The molecule has 0 unspecified atom stereocenters. The summed E-state index contributed by atoms with van der Waals surface area (Å²) >= 11 is 5.20. The zero-order chi connectivity index (χ0) is 22.5. The normalized spacial score (nSPS) is 10.4. The molecule has 32 heavy (non-hydrogen) atoms. The lowest BCUT2D eigenvalue weighted by atomic mass is 10.0. The van der Waals surface area contributed by atoms with Crippen LogP contribution in [0.15, 0.2) is 79.1 Å². The molecule has 0 aliphatic heterocycles. The maximum Gasteiger partial charge on any atom is 0.270 e. The number of hydrogen-bond donors (Lipinski definition) is 3. The Morgan fingerprint density at radius 2 is 1.69 bits per heavy atom. The zero-order valence-corrected chi connectivity index (χ0v) is 17.3. The second-order valence-electron chi connectivity index (χ2n) is 6.65. The summed E-state index contributed by atoms with van der Waals surface area (Å²) in [7, 11) is 0. The van der Waals surface area contributed by atoms with Gasteiger partial charge in [-0.2, -0.15) is 0 Å². The molecule has 1 amide bonds. The van der Waals surface area contributed by atoms with Gasteiger partial charge in [-0.1, -0.05) is 18.2 Å². The van der Waals surface area contributed by atoms with Gasteiger partial charge in [-0.15, -0.1) is 0 Å². The SMILES string of the molecule is O=C(NNC(=S)Nc1ccc([N+](=O)[O-])cc1)c1cc(-c2ccncc2)nc2ccccc12. The number of pyridine rings is 2. The Labute approximate surface area is 187 Å². The molecule has 0 aliphatic rings. The molecule has 0 saturated carbocycles. The number of fused-ring (bicyclic) bond motifs is 1. The summed E-state index contributed by atoms with van der Waals surface area (Å²) in [5.74, 6) is -0.397. The average molecular weight is 444 g/mol. The minimum Gasteiger partial charge on any atom is -0.331 e. The van der Waals surface area contributed by atoms with Gasteiger partial charge in [0.2, 0.25) is 0 Å². The van der Waals surface area contributed by atoms with Crippen LogP contribution in [-0.4, -0.2) is 25.9 Å². The first-order valence-corrected chi connectivity index (χ1v) is 9.84. The van der Waals surface area contributed by atoms with E-state index in [4.69, 9.17) is 12.2 Å². The van der Waals surface area contributed by atoms with Crippen LogP contribution in [0.5, 0.6) is 0 Å². The number of hydrogen-bond acceptors (Lipinski definition) is 6. The van der Waals surface area contributed by atoms with Gasteiger partial charge in [-0.3, -0.25) is 30.7 Å². The number of carbonyl (C=O) groups excluding carboxylic acids is 1. The van der Waals surface area contributed by atoms with Gasteiger partial charge in [0.15, 0.2) is 5.11 Å². The highest BCUT2D eigenvalue weighted by atomic mass is 32.1. The van der Waals surface area contributed by atoms with Crippen LogP contribution in [0, 0.1) is 10.1 Å². The fraction of sp³-hybridized carbons (Fsp3) is 0. The molecule has 0 saturated heterocycles. The number of rotatable bonds is 4. The largest absolute Gasteiger partial charge is 0.331 e. The van der Waals surface area contributed by atoms with Gasteiger partial charge < -0.3 is 5.32 Å². The molecule has 158 valence electrons. The molecule has 0 aliphatic carbocycles. The summed E-state index contributed by atoms with van der Waals surface area (Å²) in [6.07, 6.45) is 3.33. The first kappa shape index (κ1) is 20.8. The van der Waals surface area contributed by atoms with Crippen LogP contribution in [0.2, 0.25) is 0 Å². The molecule has 9 nitrogen and oxygen atoms in total. The quantitative estimate of drug-likeness (QED) is 0.247. The van der Waals surface area contributed by atoms with Gasteiger partial charge in [0.1, 0.15) is 0 Å². The van der Waals surface area contributed by atoms with E-state index in [1.54, 1.807) is 18.5 Å². The first-order valence-electron chi connectivity index (χ1n) is 9.43. The van der Waals surface area contributed by atoms with Crippen LogP contribution in [0.25, 0.3) is 22.2 Å². The summed E-state index contributed by atoms with van der Waals surface area (Å²) in [4.78, 5) is 31.9. The molecule has 0 radical (unpaired) electrons.